The molecule has 1 heterocycles. The highest BCUT2D eigenvalue weighted by Gasteiger charge is 2.28. The fourth-order valence-corrected chi connectivity index (χ4v) is 2.25. The molecule has 0 saturated carbocycles. The van der Waals surface area contributed by atoms with E-state index in [1.165, 1.54) is 0 Å². The van der Waals surface area contributed by atoms with Gasteiger partial charge in [0.2, 0.25) is 6.10 Å². The number of rotatable bonds is 2. The Morgan fingerprint density at radius 3 is 2.71 bits per heavy atom. The predicted molar refractivity (Wildman–Crippen MR) is 80.8 cm³/mol. The van der Waals surface area contributed by atoms with Crippen LogP contribution in [0.3, 0.4) is 0 Å². The molecule has 0 radical (unpaired) electrons. The molecule has 0 fully saturated rings. The van der Waals surface area contributed by atoms with Gasteiger partial charge in [0.1, 0.15) is 6.61 Å². The lowest BCUT2D eigenvalue weighted by Crippen LogP contribution is -2.40. The van der Waals surface area contributed by atoms with Gasteiger partial charge < -0.3 is 20.5 Å². The molecule has 5 nitrogen and oxygen atoms in total. The van der Waals surface area contributed by atoms with Gasteiger partial charge in [-0.15, -0.1) is 0 Å². The van der Waals surface area contributed by atoms with Gasteiger partial charge in [-0.25, -0.2) is 0 Å². The van der Waals surface area contributed by atoms with E-state index in [1.54, 1.807) is 30.3 Å². The van der Waals surface area contributed by atoms with Crippen molar-refractivity contribution in [2.75, 3.05) is 17.7 Å². The first-order valence-electron chi connectivity index (χ1n) is 6.38. The molecule has 0 bridgehead atoms. The second kappa shape index (κ2) is 5.54. The third-order valence-corrected chi connectivity index (χ3v) is 3.41. The molecule has 1 unspecified atom stereocenters. The average Bonchev–Trinajstić information content (AvgIpc) is 2.50. The fourth-order valence-electron chi connectivity index (χ4n) is 2.03. The second-order valence-electron chi connectivity index (χ2n) is 4.56. The van der Waals surface area contributed by atoms with Crippen molar-refractivity contribution in [3.8, 4) is 11.5 Å². The third kappa shape index (κ3) is 2.73. The Hall–Kier alpha value is -2.40. The molecule has 1 amide bonds. The number of carbonyl (C=O) groups excluding carboxylic acids is 1. The zero-order chi connectivity index (χ0) is 14.8. The Morgan fingerprint density at radius 2 is 1.95 bits per heavy atom. The molecule has 108 valence electrons. The number of benzene rings is 2. The molecule has 1 atom stereocenters. The topological polar surface area (TPSA) is 73.6 Å². The summed E-state index contributed by atoms with van der Waals surface area (Å²) < 4.78 is 11.1. The first kappa shape index (κ1) is 13.6. The minimum absolute atomic E-state index is 0.132. The molecular formula is C15H13ClN2O3. The summed E-state index contributed by atoms with van der Waals surface area (Å²) in [6, 6.07) is 12.2. The summed E-state index contributed by atoms with van der Waals surface area (Å²) in [5.41, 5.74) is 6.58. The molecule has 1 aliphatic rings. The summed E-state index contributed by atoms with van der Waals surface area (Å²) in [4.78, 5) is 12.3. The molecule has 3 rings (SSSR count). The number of fused-ring (bicyclic) bond motifs is 1. The van der Waals surface area contributed by atoms with Crippen molar-refractivity contribution in [3.05, 3.63) is 47.5 Å². The van der Waals surface area contributed by atoms with E-state index < -0.39 is 6.10 Å². The zero-order valence-corrected chi connectivity index (χ0v) is 11.8. The molecule has 3 N–H and O–H groups in total. The Labute approximate surface area is 126 Å². The number of carbonyl (C=O) groups is 1. The number of nitrogens with one attached hydrogen (secondary N) is 1. The van der Waals surface area contributed by atoms with Crippen LogP contribution in [0.1, 0.15) is 0 Å². The molecule has 0 aliphatic carbocycles. The number of nitrogen functional groups attached to an aromatic ring is 1. The molecule has 0 saturated heterocycles. The van der Waals surface area contributed by atoms with E-state index in [-0.39, 0.29) is 12.5 Å². The van der Waals surface area contributed by atoms with Crippen molar-refractivity contribution < 1.29 is 14.3 Å². The number of halogens is 1. The monoisotopic (exact) mass is 304 g/mol. The number of hydrogen-bond donors (Lipinski definition) is 2. The van der Waals surface area contributed by atoms with Gasteiger partial charge >= 0.3 is 0 Å². The molecule has 1 aliphatic heterocycles. The minimum Gasteiger partial charge on any atom is -0.485 e. The molecule has 21 heavy (non-hydrogen) atoms. The van der Waals surface area contributed by atoms with E-state index in [0.29, 0.717) is 27.9 Å². The maximum atomic E-state index is 12.3. The second-order valence-corrected chi connectivity index (χ2v) is 4.96. The summed E-state index contributed by atoms with van der Waals surface area (Å²) in [6.45, 7) is 0.132. The standard InChI is InChI=1S/C15H13ClN2O3/c16-9-4-3-5-10(17)14(9)18-15(19)13-8-20-11-6-1-2-7-12(11)21-13/h1-7,13H,8,17H2,(H,18,19). The number of para-hydroxylation sites is 3. The van der Waals surface area contributed by atoms with E-state index in [2.05, 4.69) is 5.32 Å². The number of ether oxygens (including phenoxy) is 2. The number of hydrogen-bond acceptors (Lipinski definition) is 4. The summed E-state index contributed by atoms with van der Waals surface area (Å²) in [6.07, 6.45) is -0.754. The number of amides is 1. The lowest BCUT2D eigenvalue weighted by molar-refractivity contribution is -0.125. The first-order chi connectivity index (χ1) is 10.1. The number of nitrogens with two attached hydrogens (primary N) is 1. The van der Waals surface area contributed by atoms with Crippen LogP contribution in [0.15, 0.2) is 42.5 Å². The van der Waals surface area contributed by atoms with Crippen LogP contribution in [0.4, 0.5) is 11.4 Å². The van der Waals surface area contributed by atoms with Gasteiger partial charge in [0, 0.05) is 0 Å². The predicted octanol–water partition coefficient (Wildman–Crippen LogP) is 2.70. The molecule has 6 heteroatoms. The summed E-state index contributed by atoms with van der Waals surface area (Å²) >= 11 is 6.03. The van der Waals surface area contributed by atoms with Gasteiger partial charge in [-0.3, -0.25) is 4.79 Å². The Bertz CT molecular complexity index is 670. The minimum atomic E-state index is -0.754. The van der Waals surface area contributed by atoms with Crippen LogP contribution in [0.5, 0.6) is 11.5 Å². The van der Waals surface area contributed by atoms with Gasteiger partial charge in [0.25, 0.3) is 5.91 Å². The van der Waals surface area contributed by atoms with Crippen LogP contribution in [0.25, 0.3) is 0 Å². The zero-order valence-electron chi connectivity index (χ0n) is 11.0. The van der Waals surface area contributed by atoms with Gasteiger partial charge in [0.05, 0.1) is 16.4 Å². The van der Waals surface area contributed by atoms with Crippen LogP contribution >= 0.6 is 11.6 Å². The number of anilines is 2. The van der Waals surface area contributed by atoms with Crippen molar-refractivity contribution in [1.29, 1.82) is 0 Å². The Morgan fingerprint density at radius 1 is 1.19 bits per heavy atom. The lowest BCUT2D eigenvalue weighted by atomic mass is 10.2. The van der Waals surface area contributed by atoms with E-state index in [9.17, 15) is 4.79 Å². The van der Waals surface area contributed by atoms with Crippen molar-refractivity contribution in [3.63, 3.8) is 0 Å². The maximum Gasteiger partial charge on any atom is 0.269 e. The van der Waals surface area contributed by atoms with Gasteiger partial charge in [-0.2, -0.15) is 0 Å². The van der Waals surface area contributed by atoms with Crippen LogP contribution in [0.2, 0.25) is 5.02 Å². The normalized spacial score (nSPS) is 16.3. The molecule has 2 aromatic carbocycles. The molecule has 2 aromatic rings. The quantitative estimate of drug-likeness (QED) is 0.837. The highest BCUT2D eigenvalue weighted by atomic mass is 35.5. The average molecular weight is 305 g/mol. The smallest absolute Gasteiger partial charge is 0.269 e. The van der Waals surface area contributed by atoms with Gasteiger partial charge in [0.15, 0.2) is 11.5 Å². The van der Waals surface area contributed by atoms with Crippen molar-refractivity contribution in [2.24, 2.45) is 0 Å². The summed E-state index contributed by atoms with van der Waals surface area (Å²) in [7, 11) is 0. The van der Waals surface area contributed by atoms with Gasteiger partial charge in [-0.05, 0) is 24.3 Å². The maximum absolute atomic E-state index is 12.3. The van der Waals surface area contributed by atoms with E-state index in [0.717, 1.165) is 0 Å². The fraction of sp³-hybridized carbons (Fsp3) is 0.133. The van der Waals surface area contributed by atoms with E-state index in [1.807, 2.05) is 12.1 Å². The van der Waals surface area contributed by atoms with Crippen LogP contribution in [0, 0.1) is 0 Å². The van der Waals surface area contributed by atoms with Gasteiger partial charge in [-0.1, -0.05) is 29.8 Å². The van der Waals surface area contributed by atoms with Crippen molar-refractivity contribution in [1.82, 2.24) is 0 Å². The van der Waals surface area contributed by atoms with Crippen molar-refractivity contribution >= 4 is 28.9 Å². The highest BCUT2D eigenvalue weighted by Crippen LogP contribution is 2.32. The SMILES string of the molecule is Nc1cccc(Cl)c1NC(=O)C1COc2ccccc2O1. The highest BCUT2D eigenvalue weighted by molar-refractivity contribution is 6.34. The molecular weight excluding hydrogens is 292 g/mol. The third-order valence-electron chi connectivity index (χ3n) is 3.10. The van der Waals surface area contributed by atoms with Crippen LogP contribution < -0.4 is 20.5 Å². The van der Waals surface area contributed by atoms with E-state index >= 15 is 0 Å². The largest absolute Gasteiger partial charge is 0.485 e. The van der Waals surface area contributed by atoms with Crippen LogP contribution in [-0.4, -0.2) is 18.6 Å². The van der Waals surface area contributed by atoms with Crippen LogP contribution in [-0.2, 0) is 4.79 Å². The first-order valence-corrected chi connectivity index (χ1v) is 6.76. The lowest BCUT2D eigenvalue weighted by Gasteiger charge is -2.25. The Balaban J connectivity index is 1.76. The van der Waals surface area contributed by atoms with Crippen molar-refractivity contribution in [2.45, 2.75) is 6.10 Å². The summed E-state index contributed by atoms with van der Waals surface area (Å²) in [5.74, 6) is 0.805. The molecule has 0 spiro atoms. The summed E-state index contributed by atoms with van der Waals surface area (Å²) in [5, 5.41) is 3.05. The molecule has 0 aromatic heterocycles. The Kier molecular flexibility index (Phi) is 3.58. The van der Waals surface area contributed by atoms with E-state index in [4.69, 9.17) is 26.8 Å².